The maximum absolute atomic E-state index is 9.45. The van der Waals surface area contributed by atoms with Crippen molar-refractivity contribution in [3.8, 4) is 0 Å². The molecular formula is C11H23NO3. The van der Waals surface area contributed by atoms with Crippen molar-refractivity contribution < 1.29 is 15.0 Å². The van der Waals surface area contributed by atoms with E-state index in [0.29, 0.717) is 0 Å². The lowest BCUT2D eigenvalue weighted by Gasteiger charge is -2.27. The van der Waals surface area contributed by atoms with E-state index in [1.165, 1.54) is 39.0 Å². The van der Waals surface area contributed by atoms with Crippen LogP contribution >= 0.6 is 0 Å². The number of carbonyl (C=O) groups is 1. The van der Waals surface area contributed by atoms with Crippen LogP contribution in [0.25, 0.3) is 0 Å². The topological polar surface area (TPSA) is 60.8 Å². The van der Waals surface area contributed by atoms with Crippen molar-refractivity contribution in [1.29, 1.82) is 0 Å². The van der Waals surface area contributed by atoms with E-state index in [0.717, 1.165) is 6.04 Å². The first kappa shape index (κ1) is 14.4. The van der Waals surface area contributed by atoms with E-state index >= 15 is 0 Å². The van der Waals surface area contributed by atoms with Crippen molar-refractivity contribution in [3.63, 3.8) is 0 Å². The molecule has 0 aromatic rings. The number of carboxylic acid groups (broad SMARTS) is 1. The monoisotopic (exact) mass is 217 g/mol. The fourth-order valence-corrected chi connectivity index (χ4v) is 1.60. The van der Waals surface area contributed by atoms with Gasteiger partial charge in [-0.1, -0.05) is 19.3 Å². The van der Waals surface area contributed by atoms with Crippen LogP contribution in [0.15, 0.2) is 0 Å². The summed E-state index contributed by atoms with van der Waals surface area (Å²) in [4.78, 5) is 11.8. The Morgan fingerprint density at radius 2 is 1.67 bits per heavy atom. The lowest BCUT2D eigenvalue weighted by molar-refractivity contribution is -0.145. The third kappa shape index (κ3) is 7.33. The molecule has 90 valence electrons. The maximum atomic E-state index is 9.45. The number of rotatable bonds is 2. The minimum atomic E-state index is -1.23. The third-order valence-electron chi connectivity index (χ3n) is 2.66. The van der Waals surface area contributed by atoms with Gasteiger partial charge in [-0.3, -0.25) is 0 Å². The van der Waals surface area contributed by atoms with E-state index in [1.807, 2.05) is 0 Å². The second-order valence-electron chi connectivity index (χ2n) is 4.27. The molecule has 0 radical (unpaired) electrons. The molecule has 0 spiro atoms. The predicted octanol–water partition coefficient (Wildman–Crippen LogP) is 1.33. The summed E-state index contributed by atoms with van der Waals surface area (Å²) in [6.07, 6.45) is 5.97. The lowest BCUT2D eigenvalue weighted by Crippen LogP contribution is -2.29. The standard InChI is InChI=1S/C8H17N.C3H6O3/c1-9(2)8-6-4-3-5-7-8;1-2(4)3(5)6/h8H,3-7H2,1-2H3;2,4H,1H3,(H,5,6). The Labute approximate surface area is 91.9 Å². The lowest BCUT2D eigenvalue weighted by atomic mass is 9.95. The van der Waals surface area contributed by atoms with Crippen molar-refractivity contribution in [1.82, 2.24) is 4.90 Å². The molecular weight excluding hydrogens is 194 g/mol. The second kappa shape index (κ2) is 7.65. The molecule has 2 N–H and O–H groups in total. The summed E-state index contributed by atoms with van der Waals surface area (Å²) in [5.41, 5.74) is 0. The van der Waals surface area contributed by atoms with E-state index in [-0.39, 0.29) is 0 Å². The van der Waals surface area contributed by atoms with Gasteiger partial charge in [0.05, 0.1) is 0 Å². The fraction of sp³-hybridized carbons (Fsp3) is 0.909. The molecule has 1 aliphatic carbocycles. The van der Waals surface area contributed by atoms with Gasteiger partial charge in [-0.25, -0.2) is 4.79 Å². The summed E-state index contributed by atoms with van der Waals surface area (Å²) in [6, 6.07) is 0.888. The number of aliphatic hydroxyl groups excluding tert-OH is 1. The highest BCUT2D eigenvalue weighted by Gasteiger charge is 2.13. The zero-order chi connectivity index (χ0) is 11.8. The molecule has 1 unspecified atom stereocenters. The van der Waals surface area contributed by atoms with E-state index in [2.05, 4.69) is 19.0 Å². The average Bonchev–Trinajstić information content (AvgIpc) is 2.20. The normalized spacial score (nSPS) is 19.3. The largest absolute Gasteiger partial charge is 0.479 e. The second-order valence-corrected chi connectivity index (χ2v) is 4.27. The SMILES string of the molecule is CC(O)C(=O)O.CN(C)C1CCCCC1. The van der Waals surface area contributed by atoms with Gasteiger partial charge in [0.25, 0.3) is 0 Å². The number of aliphatic carboxylic acids is 1. The Kier molecular flexibility index (Phi) is 7.34. The molecule has 1 atom stereocenters. The summed E-state index contributed by atoms with van der Waals surface area (Å²) < 4.78 is 0. The van der Waals surface area contributed by atoms with Gasteiger partial charge in [-0.15, -0.1) is 0 Å². The molecule has 0 amide bonds. The fourth-order valence-electron chi connectivity index (χ4n) is 1.60. The summed E-state index contributed by atoms with van der Waals surface area (Å²) >= 11 is 0. The molecule has 1 aliphatic rings. The number of carboxylic acids is 1. The molecule has 0 saturated heterocycles. The minimum absolute atomic E-state index is 0.888. The Bertz CT molecular complexity index is 175. The van der Waals surface area contributed by atoms with E-state index in [1.54, 1.807) is 0 Å². The Balaban J connectivity index is 0.000000288. The Morgan fingerprint density at radius 3 is 1.87 bits per heavy atom. The number of hydrogen-bond donors (Lipinski definition) is 2. The van der Waals surface area contributed by atoms with Gasteiger partial charge in [0, 0.05) is 6.04 Å². The third-order valence-corrected chi connectivity index (χ3v) is 2.66. The van der Waals surface area contributed by atoms with Gasteiger partial charge >= 0.3 is 5.97 Å². The summed E-state index contributed by atoms with van der Waals surface area (Å²) in [6.45, 7) is 1.20. The van der Waals surface area contributed by atoms with Crippen molar-refractivity contribution in [2.45, 2.75) is 51.2 Å². The van der Waals surface area contributed by atoms with Gasteiger partial charge in [0.2, 0.25) is 0 Å². The van der Waals surface area contributed by atoms with Gasteiger partial charge in [0.15, 0.2) is 0 Å². The van der Waals surface area contributed by atoms with E-state index in [9.17, 15) is 4.79 Å². The van der Waals surface area contributed by atoms with Crippen LogP contribution in [0.1, 0.15) is 39.0 Å². The Morgan fingerprint density at radius 1 is 1.27 bits per heavy atom. The van der Waals surface area contributed by atoms with Crippen molar-refractivity contribution >= 4 is 5.97 Å². The summed E-state index contributed by atoms with van der Waals surface area (Å²) in [5.74, 6) is -1.19. The van der Waals surface area contributed by atoms with Gasteiger partial charge < -0.3 is 15.1 Å². The molecule has 0 aromatic carbocycles. The zero-order valence-electron chi connectivity index (χ0n) is 9.94. The first-order valence-corrected chi connectivity index (χ1v) is 5.52. The van der Waals surface area contributed by atoms with Crippen LogP contribution in [-0.2, 0) is 4.79 Å². The Hall–Kier alpha value is -0.610. The highest BCUT2D eigenvalue weighted by molar-refractivity contribution is 5.71. The molecule has 1 rings (SSSR count). The van der Waals surface area contributed by atoms with Crippen LogP contribution in [0.3, 0.4) is 0 Å². The molecule has 15 heavy (non-hydrogen) atoms. The summed E-state index contributed by atoms with van der Waals surface area (Å²) in [5, 5.41) is 15.8. The van der Waals surface area contributed by atoms with Crippen LogP contribution in [-0.4, -0.2) is 47.3 Å². The van der Waals surface area contributed by atoms with E-state index in [4.69, 9.17) is 10.2 Å². The first-order valence-electron chi connectivity index (χ1n) is 5.52. The van der Waals surface area contributed by atoms with Crippen molar-refractivity contribution in [2.24, 2.45) is 0 Å². The molecule has 4 nitrogen and oxygen atoms in total. The number of aliphatic hydroxyl groups is 1. The molecule has 1 fully saturated rings. The number of hydrogen-bond acceptors (Lipinski definition) is 3. The molecule has 1 saturated carbocycles. The maximum Gasteiger partial charge on any atom is 0.332 e. The van der Waals surface area contributed by atoms with Crippen LogP contribution in [0.4, 0.5) is 0 Å². The van der Waals surface area contributed by atoms with Crippen LogP contribution in [0, 0.1) is 0 Å². The highest BCUT2D eigenvalue weighted by atomic mass is 16.4. The van der Waals surface area contributed by atoms with Gasteiger partial charge in [-0.2, -0.15) is 0 Å². The van der Waals surface area contributed by atoms with Crippen molar-refractivity contribution in [3.05, 3.63) is 0 Å². The molecule has 0 aromatic heterocycles. The average molecular weight is 217 g/mol. The molecule has 4 heteroatoms. The molecule has 0 heterocycles. The van der Waals surface area contributed by atoms with Crippen LogP contribution < -0.4 is 0 Å². The smallest absolute Gasteiger partial charge is 0.332 e. The quantitative estimate of drug-likeness (QED) is 0.732. The van der Waals surface area contributed by atoms with Crippen LogP contribution in [0.5, 0.6) is 0 Å². The predicted molar refractivity (Wildman–Crippen MR) is 59.9 cm³/mol. The zero-order valence-corrected chi connectivity index (χ0v) is 9.94. The van der Waals surface area contributed by atoms with Crippen molar-refractivity contribution in [2.75, 3.05) is 14.1 Å². The van der Waals surface area contributed by atoms with Gasteiger partial charge in [-0.05, 0) is 33.9 Å². The molecule has 0 bridgehead atoms. The van der Waals surface area contributed by atoms with E-state index < -0.39 is 12.1 Å². The van der Waals surface area contributed by atoms with Gasteiger partial charge in [0.1, 0.15) is 6.10 Å². The number of nitrogens with zero attached hydrogens (tertiary/aromatic N) is 1. The highest BCUT2D eigenvalue weighted by Crippen LogP contribution is 2.20. The minimum Gasteiger partial charge on any atom is -0.479 e. The summed E-state index contributed by atoms with van der Waals surface area (Å²) in [7, 11) is 4.38. The first-order chi connectivity index (χ1) is 6.95. The molecule has 0 aliphatic heterocycles. The van der Waals surface area contributed by atoms with Crippen LogP contribution in [0.2, 0.25) is 0 Å².